The van der Waals surface area contributed by atoms with Crippen LogP contribution in [0.4, 0.5) is 0 Å². The van der Waals surface area contributed by atoms with Crippen molar-refractivity contribution < 1.29 is 4.79 Å². The average molecular weight is 295 g/mol. The standard InChI is InChI=1S/C12H14N6O.ClH/c13-10-5-6-17(7-10)12(19)9-1-3-11(4-2-9)18-8-14-15-16-18;/h1-4,8,10H,5-7,13H2;1H/t10-;/m1./s1. The van der Waals surface area contributed by atoms with Gasteiger partial charge in [-0.05, 0) is 41.1 Å². The van der Waals surface area contributed by atoms with Gasteiger partial charge in [-0.25, -0.2) is 4.68 Å². The molecule has 106 valence electrons. The highest BCUT2D eigenvalue weighted by Gasteiger charge is 2.24. The van der Waals surface area contributed by atoms with Crippen molar-refractivity contribution in [2.75, 3.05) is 13.1 Å². The molecule has 0 aliphatic carbocycles. The zero-order chi connectivity index (χ0) is 13.2. The normalized spacial score (nSPS) is 17.9. The molecule has 0 spiro atoms. The van der Waals surface area contributed by atoms with Crippen molar-refractivity contribution >= 4 is 18.3 Å². The van der Waals surface area contributed by atoms with Crippen molar-refractivity contribution in [3.63, 3.8) is 0 Å². The Morgan fingerprint density at radius 1 is 1.30 bits per heavy atom. The lowest BCUT2D eigenvalue weighted by Crippen LogP contribution is -2.31. The smallest absolute Gasteiger partial charge is 0.253 e. The van der Waals surface area contributed by atoms with E-state index in [2.05, 4.69) is 15.5 Å². The van der Waals surface area contributed by atoms with E-state index in [1.807, 2.05) is 12.1 Å². The predicted molar refractivity (Wildman–Crippen MR) is 74.9 cm³/mol. The summed E-state index contributed by atoms with van der Waals surface area (Å²) in [6.07, 6.45) is 2.38. The minimum atomic E-state index is 0. The van der Waals surface area contributed by atoms with Gasteiger partial charge in [-0.1, -0.05) is 0 Å². The molecule has 2 aromatic rings. The first-order chi connectivity index (χ1) is 9.24. The van der Waals surface area contributed by atoms with Crippen molar-refractivity contribution in [1.29, 1.82) is 0 Å². The fourth-order valence-corrected chi connectivity index (χ4v) is 2.19. The largest absolute Gasteiger partial charge is 0.337 e. The van der Waals surface area contributed by atoms with Crippen molar-refractivity contribution in [3.05, 3.63) is 36.2 Å². The summed E-state index contributed by atoms with van der Waals surface area (Å²) in [5.41, 5.74) is 7.29. The molecule has 2 N–H and O–H groups in total. The summed E-state index contributed by atoms with van der Waals surface area (Å²) in [5, 5.41) is 10.9. The van der Waals surface area contributed by atoms with Gasteiger partial charge in [-0.3, -0.25) is 4.79 Å². The molecule has 1 aliphatic rings. The highest BCUT2D eigenvalue weighted by molar-refractivity contribution is 5.94. The zero-order valence-electron chi connectivity index (χ0n) is 10.7. The van der Waals surface area contributed by atoms with Gasteiger partial charge in [0.25, 0.3) is 5.91 Å². The Hall–Kier alpha value is -1.99. The van der Waals surface area contributed by atoms with Crippen molar-refractivity contribution in [2.45, 2.75) is 12.5 Å². The van der Waals surface area contributed by atoms with E-state index in [9.17, 15) is 4.79 Å². The summed E-state index contributed by atoms with van der Waals surface area (Å²) < 4.78 is 1.54. The van der Waals surface area contributed by atoms with Gasteiger partial charge in [-0.15, -0.1) is 17.5 Å². The maximum Gasteiger partial charge on any atom is 0.253 e. The van der Waals surface area contributed by atoms with E-state index < -0.39 is 0 Å². The van der Waals surface area contributed by atoms with E-state index in [4.69, 9.17) is 5.73 Å². The van der Waals surface area contributed by atoms with Crippen LogP contribution in [-0.4, -0.2) is 50.1 Å². The summed E-state index contributed by atoms with van der Waals surface area (Å²) in [7, 11) is 0. The zero-order valence-corrected chi connectivity index (χ0v) is 11.5. The second-order valence-electron chi connectivity index (χ2n) is 4.60. The lowest BCUT2D eigenvalue weighted by atomic mass is 10.2. The van der Waals surface area contributed by atoms with Crippen LogP contribution < -0.4 is 5.73 Å². The molecule has 7 nitrogen and oxygen atoms in total. The summed E-state index contributed by atoms with van der Waals surface area (Å²) in [4.78, 5) is 14.0. The Morgan fingerprint density at radius 3 is 2.60 bits per heavy atom. The molecule has 1 aliphatic heterocycles. The lowest BCUT2D eigenvalue weighted by molar-refractivity contribution is 0.0791. The van der Waals surface area contributed by atoms with Crippen LogP contribution in [0.15, 0.2) is 30.6 Å². The van der Waals surface area contributed by atoms with E-state index in [-0.39, 0.29) is 24.4 Å². The Kier molecular flexibility index (Phi) is 4.31. The number of carbonyl (C=O) groups is 1. The van der Waals surface area contributed by atoms with Crippen LogP contribution in [0.3, 0.4) is 0 Å². The van der Waals surface area contributed by atoms with Gasteiger partial charge in [0.05, 0.1) is 5.69 Å². The number of tetrazole rings is 1. The number of halogens is 1. The molecule has 0 unspecified atom stereocenters. The SMILES string of the molecule is Cl.N[C@@H]1CCN(C(=O)c2ccc(-n3cnnn3)cc2)C1. The molecule has 2 heterocycles. The number of nitrogens with zero attached hydrogens (tertiary/aromatic N) is 5. The quantitative estimate of drug-likeness (QED) is 0.858. The third kappa shape index (κ3) is 2.78. The molecular formula is C12H15ClN6O. The number of amides is 1. The third-order valence-electron chi connectivity index (χ3n) is 3.24. The van der Waals surface area contributed by atoms with Crippen LogP contribution in [-0.2, 0) is 0 Å². The Labute approximate surface area is 122 Å². The van der Waals surface area contributed by atoms with E-state index in [0.717, 1.165) is 18.7 Å². The molecule has 0 saturated carbocycles. The molecule has 3 rings (SSSR count). The van der Waals surface area contributed by atoms with Gasteiger partial charge >= 0.3 is 0 Å². The predicted octanol–water partition coefficient (Wildman–Crippen LogP) is 0.257. The number of carbonyl (C=O) groups excluding carboxylic acids is 1. The molecule has 20 heavy (non-hydrogen) atoms. The van der Waals surface area contributed by atoms with E-state index >= 15 is 0 Å². The second kappa shape index (κ2) is 5.98. The van der Waals surface area contributed by atoms with Crippen LogP contribution in [0.25, 0.3) is 5.69 Å². The van der Waals surface area contributed by atoms with Crippen molar-refractivity contribution in [2.24, 2.45) is 5.73 Å². The van der Waals surface area contributed by atoms with Crippen LogP contribution in [0.1, 0.15) is 16.8 Å². The first-order valence-corrected chi connectivity index (χ1v) is 6.12. The van der Waals surface area contributed by atoms with Crippen LogP contribution in [0, 0.1) is 0 Å². The Bertz CT molecular complexity index is 570. The third-order valence-corrected chi connectivity index (χ3v) is 3.24. The number of hydrogen-bond donors (Lipinski definition) is 1. The summed E-state index contributed by atoms with van der Waals surface area (Å²) in [6, 6.07) is 7.30. The van der Waals surface area contributed by atoms with E-state index in [1.165, 1.54) is 6.33 Å². The summed E-state index contributed by atoms with van der Waals surface area (Å²) in [5.74, 6) is 0.0243. The van der Waals surface area contributed by atoms with Crippen LogP contribution in [0.2, 0.25) is 0 Å². The Balaban J connectivity index is 0.00000147. The molecule has 8 heteroatoms. The van der Waals surface area contributed by atoms with E-state index in [1.54, 1.807) is 21.7 Å². The van der Waals surface area contributed by atoms with Gasteiger partial charge in [0.2, 0.25) is 0 Å². The molecule has 1 atom stereocenters. The molecule has 0 bridgehead atoms. The molecule has 1 aromatic carbocycles. The first kappa shape index (κ1) is 14.4. The highest BCUT2D eigenvalue weighted by atomic mass is 35.5. The van der Waals surface area contributed by atoms with Gasteiger partial charge in [0.15, 0.2) is 0 Å². The number of aromatic nitrogens is 4. The van der Waals surface area contributed by atoms with Gasteiger partial charge in [-0.2, -0.15) is 0 Å². The molecule has 1 fully saturated rings. The average Bonchev–Trinajstić information content (AvgIpc) is 3.09. The number of rotatable bonds is 2. The fourth-order valence-electron chi connectivity index (χ4n) is 2.19. The minimum absolute atomic E-state index is 0. The maximum absolute atomic E-state index is 12.2. The summed E-state index contributed by atoms with van der Waals surface area (Å²) >= 11 is 0. The lowest BCUT2D eigenvalue weighted by Gasteiger charge is -2.15. The van der Waals surface area contributed by atoms with Crippen molar-refractivity contribution in [3.8, 4) is 5.69 Å². The number of nitrogens with two attached hydrogens (primary N) is 1. The van der Waals surface area contributed by atoms with E-state index in [0.29, 0.717) is 12.1 Å². The van der Waals surface area contributed by atoms with Gasteiger partial charge < -0.3 is 10.6 Å². The van der Waals surface area contributed by atoms with Crippen molar-refractivity contribution in [1.82, 2.24) is 25.1 Å². The Morgan fingerprint density at radius 2 is 2.05 bits per heavy atom. The fraction of sp³-hybridized carbons (Fsp3) is 0.333. The molecule has 1 aromatic heterocycles. The number of hydrogen-bond acceptors (Lipinski definition) is 5. The monoisotopic (exact) mass is 294 g/mol. The van der Waals surface area contributed by atoms with Gasteiger partial charge in [0.1, 0.15) is 6.33 Å². The molecule has 1 amide bonds. The molecular weight excluding hydrogens is 280 g/mol. The minimum Gasteiger partial charge on any atom is -0.337 e. The highest BCUT2D eigenvalue weighted by Crippen LogP contribution is 2.14. The molecule has 0 radical (unpaired) electrons. The molecule has 1 saturated heterocycles. The van der Waals surface area contributed by atoms with Crippen LogP contribution >= 0.6 is 12.4 Å². The van der Waals surface area contributed by atoms with Gasteiger partial charge in [0, 0.05) is 24.7 Å². The summed E-state index contributed by atoms with van der Waals surface area (Å²) in [6.45, 7) is 1.36. The topological polar surface area (TPSA) is 89.9 Å². The van der Waals surface area contributed by atoms with Crippen LogP contribution in [0.5, 0.6) is 0 Å². The first-order valence-electron chi connectivity index (χ1n) is 6.12. The maximum atomic E-state index is 12.2. The number of benzene rings is 1. The second-order valence-corrected chi connectivity index (χ2v) is 4.60. The number of likely N-dealkylation sites (tertiary alicyclic amines) is 1.